The molecule has 1 atom stereocenters. The van der Waals surface area contributed by atoms with Crippen molar-refractivity contribution in [2.45, 2.75) is 32.9 Å². The van der Waals surface area contributed by atoms with E-state index < -0.39 is 0 Å². The predicted molar refractivity (Wildman–Crippen MR) is 82.1 cm³/mol. The van der Waals surface area contributed by atoms with E-state index >= 15 is 0 Å². The fourth-order valence-electron chi connectivity index (χ4n) is 2.24. The average Bonchev–Trinajstić information content (AvgIpc) is 2.89. The topological polar surface area (TPSA) is 29.9 Å². The van der Waals surface area contributed by atoms with E-state index in [1.54, 1.807) is 6.07 Å². The van der Waals surface area contributed by atoms with Gasteiger partial charge in [-0.05, 0) is 43.7 Å². The molecule has 0 fully saturated rings. The Labute approximate surface area is 127 Å². The van der Waals surface area contributed by atoms with E-state index in [1.165, 1.54) is 6.07 Å². The maximum absolute atomic E-state index is 14.0. The van der Waals surface area contributed by atoms with Crippen LogP contribution in [0.15, 0.2) is 35.1 Å². The van der Waals surface area contributed by atoms with Crippen molar-refractivity contribution in [1.82, 2.24) is 15.1 Å². The molecule has 20 heavy (non-hydrogen) atoms. The second kappa shape index (κ2) is 6.99. The quantitative estimate of drug-likeness (QED) is 0.869. The number of nitrogens with one attached hydrogen (secondary N) is 1. The maximum atomic E-state index is 14.0. The summed E-state index contributed by atoms with van der Waals surface area (Å²) in [6, 6.07) is 5.01. The summed E-state index contributed by atoms with van der Waals surface area (Å²) in [5, 5.41) is 7.61. The smallest absolute Gasteiger partial charge is 0.128 e. The highest BCUT2D eigenvalue weighted by Crippen LogP contribution is 2.24. The number of aryl methyl sites for hydroxylation is 1. The van der Waals surface area contributed by atoms with Crippen LogP contribution in [0.2, 0.25) is 0 Å². The summed E-state index contributed by atoms with van der Waals surface area (Å²) in [6.07, 6.45) is 4.59. The lowest BCUT2D eigenvalue weighted by Crippen LogP contribution is -2.23. The lowest BCUT2D eigenvalue weighted by Gasteiger charge is -2.18. The molecule has 2 aromatic rings. The lowest BCUT2D eigenvalue weighted by atomic mass is 10.00. The average molecular weight is 340 g/mol. The van der Waals surface area contributed by atoms with Gasteiger partial charge in [0.15, 0.2) is 0 Å². The van der Waals surface area contributed by atoms with Crippen LogP contribution in [0, 0.1) is 5.82 Å². The molecule has 0 aliphatic heterocycles. The first kappa shape index (κ1) is 15.2. The Balaban J connectivity index is 2.23. The first-order chi connectivity index (χ1) is 9.63. The molecule has 0 spiro atoms. The Kier molecular flexibility index (Phi) is 5.31. The van der Waals surface area contributed by atoms with Gasteiger partial charge in [-0.1, -0.05) is 22.9 Å². The van der Waals surface area contributed by atoms with Gasteiger partial charge >= 0.3 is 0 Å². The molecule has 2 rings (SSSR count). The van der Waals surface area contributed by atoms with Crippen LogP contribution in [0.4, 0.5) is 4.39 Å². The van der Waals surface area contributed by atoms with Crippen molar-refractivity contribution in [2.24, 2.45) is 0 Å². The van der Waals surface area contributed by atoms with Gasteiger partial charge in [0.1, 0.15) is 5.82 Å². The summed E-state index contributed by atoms with van der Waals surface area (Å²) >= 11 is 3.41. The van der Waals surface area contributed by atoms with Crippen LogP contribution in [0.25, 0.3) is 0 Å². The Morgan fingerprint density at radius 3 is 2.85 bits per heavy atom. The molecular formula is C15H19BrFN3. The van der Waals surface area contributed by atoms with Crippen molar-refractivity contribution >= 4 is 15.9 Å². The monoisotopic (exact) mass is 339 g/mol. The van der Waals surface area contributed by atoms with Crippen LogP contribution in [0.1, 0.15) is 31.0 Å². The van der Waals surface area contributed by atoms with Crippen molar-refractivity contribution in [2.75, 3.05) is 6.54 Å². The minimum absolute atomic E-state index is 0.0491. The maximum Gasteiger partial charge on any atom is 0.128 e. The molecule has 3 nitrogen and oxygen atoms in total. The van der Waals surface area contributed by atoms with Gasteiger partial charge in [-0.2, -0.15) is 5.10 Å². The zero-order chi connectivity index (χ0) is 14.5. The Hall–Kier alpha value is -1.20. The molecular weight excluding hydrogens is 321 g/mol. The summed E-state index contributed by atoms with van der Waals surface area (Å²) in [5.41, 5.74) is 1.79. The SMILES string of the molecule is CCNC(Cc1cnn(CC)c1)c1cc(Br)ccc1F. The van der Waals surface area contributed by atoms with Gasteiger partial charge < -0.3 is 5.32 Å². The second-order valence-electron chi connectivity index (χ2n) is 4.68. The van der Waals surface area contributed by atoms with Crippen molar-refractivity contribution in [3.8, 4) is 0 Å². The minimum atomic E-state index is -0.179. The van der Waals surface area contributed by atoms with E-state index in [0.717, 1.165) is 29.5 Å². The van der Waals surface area contributed by atoms with Crippen molar-refractivity contribution in [3.05, 3.63) is 52.0 Å². The Morgan fingerprint density at radius 1 is 1.40 bits per heavy atom. The van der Waals surface area contributed by atoms with Crippen LogP contribution in [0.3, 0.4) is 0 Å². The molecule has 1 heterocycles. The second-order valence-corrected chi connectivity index (χ2v) is 5.60. The Bertz CT molecular complexity index is 568. The molecule has 0 saturated heterocycles. The lowest BCUT2D eigenvalue weighted by molar-refractivity contribution is 0.509. The molecule has 0 aliphatic carbocycles. The summed E-state index contributed by atoms with van der Waals surface area (Å²) in [4.78, 5) is 0. The van der Waals surface area contributed by atoms with Crippen LogP contribution < -0.4 is 5.32 Å². The number of aromatic nitrogens is 2. The van der Waals surface area contributed by atoms with Crippen molar-refractivity contribution < 1.29 is 4.39 Å². The van der Waals surface area contributed by atoms with Gasteiger partial charge in [0.25, 0.3) is 0 Å². The van der Waals surface area contributed by atoms with Gasteiger partial charge in [-0.3, -0.25) is 4.68 Å². The highest BCUT2D eigenvalue weighted by Gasteiger charge is 2.16. The Morgan fingerprint density at radius 2 is 2.20 bits per heavy atom. The molecule has 108 valence electrons. The molecule has 1 aromatic heterocycles. The van der Waals surface area contributed by atoms with E-state index in [0.29, 0.717) is 5.56 Å². The molecule has 1 aromatic carbocycles. The van der Waals surface area contributed by atoms with E-state index in [-0.39, 0.29) is 11.9 Å². The van der Waals surface area contributed by atoms with E-state index in [1.807, 2.05) is 37.0 Å². The third kappa shape index (κ3) is 3.67. The van der Waals surface area contributed by atoms with E-state index in [9.17, 15) is 4.39 Å². The first-order valence-electron chi connectivity index (χ1n) is 6.83. The fraction of sp³-hybridized carbons (Fsp3) is 0.400. The number of likely N-dealkylation sites (N-methyl/N-ethyl adjacent to an activating group) is 1. The van der Waals surface area contributed by atoms with E-state index in [4.69, 9.17) is 0 Å². The fourth-order valence-corrected chi connectivity index (χ4v) is 2.62. The van der Waals surface area contributed by atoms with Crippen molar-refractivity contribution in [3.63, 3.8) is 0 Å². The number of halogens is 2. The highest BCUT2D eigenvalue weighted by atomic mass is 79.9. The van der Waals surface area contributed by atoms with Gasteiger partial charge in [-0.15, -0.1) is 0 Å². The normalized spacial score (nSPS) is 12.6. The third-order valence-corrected chi connectivity index (χ3v) is 3.73. The number of nitrogens with zero attached hydrogens (tertiary/aromatic N) is 2. The highest BCUT2D eigenvalue weighted by molar-refractivity contribution is 9.10. The summed E-state index contributed by atoms with van der Waals surface area (Å²) < 4.78 is 16.8. The number of hydrogen-bond donors (Lipinski definition) is 1. The molecule has 5 heteroatoms. The molecule has 1 N–H and O–H groups in total. The molecule has 1 unspecified atom stereocenters. The largest absolute Gasteiger partial charge is 0.310 e. The van der Waals surface area contributed by atoms with Gasteiger partial charge in [0.2, 0.25) is 0 Å². The standard InChI is InChI=1S/C15H19BrFN3/c1-3-18-15(7-11-9-19-20(4-2)10-11)13-8-12(16)5-6-14(13)17/h5-6,8-10,15,18H,3-4,7H2,1-2H3. The molecule has 0 radical (unpaired) electrons. The van der Waals surface area contributed by atoms with Crippen molar-refractivity contribution in [1.29, 1.82) is 0 Å². The van der Waals surface area contributed by atoms with Gasteiger partial charge in [-0.25, -0.2) is 4.39 Å². The summed E-state index contributed by atoms with van der Waals surface area (Å²) in [5.74, 6) is -0.179. The van der Waals surface area contributed by atoms with Crippen LogP contribution in [-0.4, -0.2) is 16.3 Å². The summed E-state index contributed by atoms with van der Waals surface area (Å²) in [7, 11) is 0. The van der Waals surface area contributed by atoms with Crippen LogP contribution >= 0.6 is 15.9 Å². The van der Waals surface area contributed by atoms with Gasteiger partial charge in [0.05, 0.1) is 6.20 Å². The minimum Gasteiger partial charge on any atom is -0.310 e. The third-order valence-electron chi connectivity index (χ3n) is 3.23. The predicted octanol–water partition coefficient (Wildman–Crippen LogP) is 3.70. The number of benzene rings is 1. The van der Waals surface area contributed by atoms with Crippen LogP contribution in [0.5, 0.6) is 0 Å². The number of rotatable bonds is 6. The zero-order valence-corrected chi connectivity index (χ0v) is 13.3. The molecule has 0 bridgehead atoms. The number of hydrogen-bond acceptors (Lipinski definition) is 2. The summed E-state index contributed by atoms with van der Waals surface area (Å²) in [6.45, 7) is 5.71. The molecule has 0 saturated carbocycles. The molecule has 0 amide bonds. The van der Waals surface area contributed by atoms with Crippen LogP contribution in [-0.2, 0) is 13.0 Å². The van der Waals surface area contributed by atoms with E-state index in [2.05, 4.69) is 26.3 Å². The molecule has 0 aliphatic rings. The first-order valence-corrected chi connectivity index (χ1v) is 7.63. The van der Waals surface area contributed by atoms with Gasteiger partial charge in [0, 0.05) is 28.8 Å². The zero-order valence-electron chi connectivity index (χ0n) is 11.7.